The third kappa shape index (κ3) is 4.87. The largest absolute Gasteiger partial charge is 0.444 e. The van der Waals surface area contributed by atoms with E-state index in [0.29, 0.717) is 13.0 Å². The van der Waals surface area contributed by atoms with Crippen molar-refractivity contribution < 1.29 is 14.3 Å². The minimum absolute atomic E-state index is 0.0768. The van der Waals surface area contributed by atoms with Crippen molar-refractivity contribution in [1.82, 2.24) is 10.6 Å². The van der Waals surface area contributed by atoms with E-state index in [1.54, 1.807) is 7.05 Å². The van der Waals surface area contributed by atoms with Crippen molar-refractivity contribution in [2.45, 2.75) is 52.6 Å². The second-order valence-corrected chi connectivity index (χ2v) is 6.56. The summed E-state index contributed by atoms with van der Waals surface area (Å²) in [6.45, 7) is 7.96. The maximum absolute atomic E-state index is 11.8. The zero-order valence-electron chi connectivity index (χ0n) is 13.1. The lowest BCUT2D eigenvalue weighted by molar-refractivity contribution is -0.130. The maximum Gasteiger partial charge on any atom is 0.407 e. The number of amides is 2. The second-order valence-electron chi connectivity index (χ2n) is 6.56. The Morgan fingerprint density at radius 3 is 2.50 bits per heavy atom. The second kappa shape index (κ2) is 6.29. The Morgan fingerprint density at radius 1 is 1.40 bits per heavy atom. The molecule has 0 heterocycles. The van der Waals surface area contributed by atoms with Gasteiger partial charge < -0.3 is 15.4 Å². The van der Waals surface area contributed by atoms with E-state index in [4.69, 9.17) is 4.74 Å². The molecule has 0 bridgehead atoms. The molecule has 20 heavy (non-hydrogen) atoms. The van der Waals surface area contributed by atoms with Crippen LogP contribution in [0, 0.1) is 5.41 Å². The Balaban J connectivity index is 2.45. The molecule has 2 N–H and O–H groups in total. The molecule has 1 aliphatic carbocycles. The van der Waals surface area contributed by atoms with Crippen LogP contribution in [0.4, 0.5) is 4.79 Å². The summed E-state index contributed by atoms with van der Waals surface area (Å²) in [4.78, 5) is 23.3. The summed E-state index contributed by atoms with van der Waals surface area (Å²) in [6, 6.07) is 0. The number of hydrogen-bond donors (Lipinski definition) is 2. The number of carbonyl (C=O) groups is 2. The van der Waals surface area contributed by atoms with Crippen LogP contribution in [0.15, 0.2) is 11.6 Å². The molecule has 1 unspecified atom stereocenters. The minimum atomic E-state index is -0.483. The third-order valence-electron chi connectivity index (χ3n) is 3.47. The van der Waals surface area contributed by atoms with Crippen LogP contribution in [0.1, 0.15) is 47.0 Å². The lowest BCUT2D eigenvalue weighted by Gasteiger charge is -2.31. The monoisotopic (exact) mass is 282 g/mol. The van der Waals surface area contributed by atoms with Gasteiger partial charge in [-0.3, -0.25) is 4.79 Å². The van der Waals surface area contributed by atoms with Gasteiger partial charge in [0.05, 0.1) is 5.41 Å². The summed E-state index contributed by atoms with van der Waals surface area (Å²) in [7, 11) is 1.66. The van der Waals surface area contributed by atoms with E-state index in [0.717, 1.165) is 18.4 Å². The van der Waals surface area contributed by atoms with Crippen molar-refractivity contribution in [1.29, 1.82) is 0 Å². The van der Waals surface area contributed by atoms with Gasteiger partial charge in [0.1, 0.15) is 5.60 Å². The first kappa shape index (κ1) is 16.5. The number of nitrogens with one attached hydrogen (secondary N) is 2. The Labute approximate surface area is 121 Å². The van der Waals surface area contributed by atoms with Crippen molar-refractivity contribution in [3.8, 4) is 0 Å². The molecular weight excluding hydrogens is 256 g/mol. The van der Waals surface area contributed by atoms with Crippen LogP contribution in [-0.4, -0.2) is 31.2 Å². The summed E-state index contributed by atoms with van der Waals surface area (Å²) in [5.74, 6) is 0.0768. The Bertz CT molecular complexity index is 410. The summed E-state index contributed by atoms with van der Waals surface area (Å²) >= 11 is 0. The fourth-order valence-corrected chi connectivity index (χ4v) is 2.18. The molecule has 1 atom stereocenters. The number of ether oxygens (including phenoxy) is 1. The van der Waals surface area contributed by atoms with Gasteiger partial charge in [-0.05, 0) is 40.0 Å². The Hall–Kier alpha value is -1.52. The zero-order chi connectivity index (χ0) is 15.4. The van der Waals surface area contributed by atoms with Gasteiger partial charge in [-0.2, -0.15) is 0 Å². The normalized spacial score (nSPS) is 22.8. The van der Waals surface area contributed by atoms with E-state index in [2.05, 4.69) is 16.7 Å². The third-order valence-corrected chi connectivity index (χ3v) is 3.47. The molecule has 0 saturated carbocycles. The van der Waals surface area contributed by atoms with Crippen LogP contribution in [0.5, 0.6) is 0 Å². The van der Waals surface area contributed by atoms with Crippen molar-refractivity contribution >= 4 is 12.0 Å². The quantitative estimate of drug-likeness (QED) is 0.781. The lowest BCUT2D eigenvalue weighted by Crippen LogP contribution is -2.39. The van der Waals surface area contributed by atoms with E-state index in [1.165, 1.54) is 0 Å². The van der Waals surface area contributed by atoms with Crippen molar-refractivity contribution in [2.24, 2.45) is 5.41 Å². The predicted octanol–water partition coefficient (Wildman–Crippen LogP) is 2.37. The molecule has 0 saturated heterocycles. The van der Waals surface area contributed by atoms with Gasteiger partial charge in [-0.25, -0.2) is 4.79 Å². The Morgan fingerprint density at radius 2 is 2.05 bits per heavy atom. The average molecular weight is 282 g/mol. The van der Waals surface area contributed by atoms with Gasteiger partial charge in [0.2, 0.25) is 5.91 Å². The summed E-state index contributed by atoms with van der Waals surface area (Å²) < 4.78 is 5.18. The highest BCUT2D eigenvalue weighted by Gasteiger charge is 2.33. The molecule has 0 radical (unpaired) electrons. The van der Waals surface area contributed by atoms with Crippen LogP contribution in [-0.2, 0) is 9.53 Å². The van der Waals surface area contributed by atoms with E-state index in [1.807, 2.05) is 27.7 Å². The molecule has 0 spiro atoms. The van der Waals surface area contributed by atoms with Crippen molar-refractivity contribution in [2.75, 3.05) is 13.6 Å². The van der Waals surface area contributed by atoms with Crippen molar-refractivity contribution in [3.63, 3.8) is 0 Å². The molecule has 5 heteroatoms. The van der Waals surface area contributed by atoms with Crippen LogP contribution < -0.4 is 10.6 Å². The zero-order valence-corrected chi connectivity index (χ0v) is 13.1. The number of alkyl carbamates (subject to hydrolysis) is 1. The maximum atomic E-state index is 11.8. The van der Waals surface area contributed by atoms with Gasteiger partial charge in [0.15, 0.2) is 0 Å². The van der Waals surface area contributed by atoms with Crippen LogP contribution >= 0.6 is 0 Å². The van der Waals surface area contributed by atoms with E-state index in [-0.39, 0.29) is 11.3 Å². The molecule has 0 aliphatic heterocycles. The van der Waals surface area contributed by atoms with Gasteiger partial charge in [-0.1, -0.05) is 18.6 Å². The fraction of sp³-hybridized carbons (Fsp3) is 0.733. The van der Waals surface area contributed by atoms with Crippen LogP contribution in [0.3, 0.4) is 0 Å². The molecule has 5 nitrogen and oxygen atoms in total. The van der Waals surface area contributed by atoms with Crippen LogP contribution in [0.2, 0.25) is 0 Å². The van der Waals surface area contributed by atoms with E-state index >= 15 is 0 Å². The minimum Gasteiger partial charge on any atom is -0.444 e. The molecular formula is C15H26N2O3. The van der Waals surface area contributed by atoms with Gasteiger partial charge in [0, 0.05) is 13.6 Å². The van der Waals surface area contributed by atoms with Crippen molar-refractivity contribution in [3.05, 3.63) is 11.6 Å². The van der Waals surface area contributed by atoms with Gasteiger partial charge in [0.25, 0.3) is 0 Å². The first-order chi connectivity index (χ1) is 9.16. The van der Waals surface area contributed by atoms with Gasteiger partial charge >= 0.3 is 6.09 Å². The van der Waals surface area contributed by atoms with E-state index < -0.39 is 11.7 Å². The molecule has 0 aromatic carbocycles. The topological polar surface area (TPSA) is 67.4 Å². The molecule has 1 rings (SSSR count). The lowest BCUT2D eigenvalue weighted by atomic mass is 9.76. The molecule has 114 valence electrons. The van der Waals surface area contributed by atoms with Gasteiger partial charge in [-0.15, -0.1) is 0 Å². The SMILES string of the molecule is CNC(=O)C1(C)CC=C(CNC(=O)OC(C)(C)C)CC1. The van der Waals surface area contributed by atoms with Crippen LogP contribution in [0.25, 0.3) is 0 Å². The molecule has 1 aliphatic rings. The standard InChI is InChI=1S/C15H26N2O3/c1-14(2,3)20-13(19)17-10-11-6-8-15(4,9-7-11)12(18)16-5/h6H,7-10H2,1-5H3,(H,16,18)(H,17,19). The smallest absolute Gasteiger partial charge is 0.407 e. The number of carbonyl (C=O) groups excluding carboxylic acids is 2. The highest BCUT2D eigenvalue weighted by molar-refractivity contribution is 5.82. The predicted molar refractivity (Wildman–Crippen MR) is 78.3 cm³/mol. The summed E-state index contributed by atoms with van der Waals surface area (Å²) in [6.07, 6.45) is 3.97. The number of hydrogen-bond acceptors (Lipinski definition) is 3. The first-order valence-electron chi connectivity index (χ1n) is 7.03. The highest BCUT2D eigenvalue weighted by atomic mass is 16.6. The Kier molecular flexibility index (Phi) is 5.20. The first-order valence-corrected chi connectivity index (χ1v) is 7.03. The fourth-order valence-electron chi connectivity index (χ4n) is 2.18. The molecule has 0 fully saturated rings. The summed E-state index contributed by atoms with van der Waals surface area (Å²) in [5, 5.41) is 5.46. The summed E-state index contributed by atoms with van der Waals surface area (Å²) in [5.41, 5.74) is 0.338. The highest BCUT2D eigenvalue weighted by Crippen LogP contribution is 2.34. The molecule has 0 aromatic heterocycles. The molecule has 2 amide bonds. The average Bonchev–Trinajstić information content (AvgIpc) is 2.35. The number of rotatable bonds is 3. The molecule has 0 aromatic rings. The van der Waals surface area contributed by atoms with E-state index in [9.17, 15) is 9.59 Å². The number of allylic oxidation sites excluding steroid dienone is 1.